The van der Waals surface area contributed by atoms with Crippen molar-refractivity contribution in [2.24, 2.45) is 0 Å². The van der Waals surface area contributed by atoms with Crippen molar-refractivity contribution in [3.8, 4) is 0 Å². The van der Waals surface area contributed by atoms with Crippen molar-refractivity contribution in [3.63, 3.8) is 0 Å². The van der Waals surface area contributed by atoms with E-state index in [2.05, 4.69) is 31.5 Å². The number of aromatic amines is 1. The molecule has 2 heterocycles. The summed E-state index contributed by atoms with van der Waals surface area (Å²) in [7, 11) is 0. The van der Waals surface area contributed by atoms with E-state index < -0.39 is 29.0 Å². The largest absolute Gasteiger partial charge is 0.444 e. The molecule has 8 nitrogen and oxygen atoms in total. The number of ether oxygens (including phenoxy) is 1. The number of fused-ring (bicyclic) bond motifs is 1. The second-order valence-electron chi connectivity index (χ2n) is 11.5. The highest BCUT2D eigenvalue weighted by atomic mass is 79.9. The maximum Gasteiger partial charge on any atom is 0.410 e. The Hall–Kier alpha value is -3.73. The van der Waals surface area contributed by atoms with Gasteiger partial charge in [-0.3, -0.25) is 9.59 Å². The number of carbonyl (C=O) groups excluding carboxylic acids is 3. The first-order chi connectivity index (χ1) is 19.8. The summed E-state index contributed by atoms with van der Waals surface area (Å²) in [6, 6.07) is 8.94. The summed E-state index contributed by atoms with van der Waals surface area (Å²) < 4.78 is 33.2. The Morgan fingerprint density at radius 1 is 1.12 bits per heavy atom. The minimum Gasteiger partial charge on any atom is -0.444 e. The second-order valence-corrected chi connectivity index (χ2v) is 12.4. The summed E-state index contributed by atoms with van der Waals surface area (Å²) in [6.07, 6.45) is 3.48. The van der Waals surface area contributed by atoms with Crippen molar-refractivity contribution in [1.82, 2.24) is 20.5 Å². The number of hydrogen-bond acceptors (Lipinski definition) is 4. The molecule has 42 heavy (non-hydrogen) atoms. The highest BCUT2D eigenvalue weighted by Crippen LogP contribution is 2.26. The number of amides is 3. The van der Waals surface area contributed by atoms with Gasteiger partial charge in [-0.05, 0) is 110 Å². The number of H-pyrrole nitrogens is 1. The Morgan fingerprint density at radius 2 is 1.83 bits per heavy atom. The van der Waals surface area contributed by atoms with E-state index in [0.717, 1.165) is 16.5 Å². The third-order valence-corrected chi connectivity index (χ3v) is 7.81. The zero-order chi connectivity index (χ0) is 30.7. The standard InChI is InChI=1S/C31H35BrF2N4O4/c1-19(20-5-7-25(34)24(32)16-20)15-27(39)37-31(10-13-38(14-11-31)29(41)42-30(2,3)4)28(40)35-12-9-21-18-36-26-8-6-22(33)17-23(21)26/h5-8,15-18,36H,9-14H2,1-4H3,(H,35,40)(H,37,39). The van der Waals surface area contributed by atoms with E-state index in [9.17, 15) is 23.2 Å². The fourth-order valence-electron chi connectivity index (χ4n) is 4.94. The van der Waals surface area contributed by atoms with E-state index in [1.54, 1.807) is 52.1 Å². The number of nitrogens with one attached hydrogen (secondary N) is 3. The number of halogens is 3. The molecule has 3 amide bonds. The monoisotopic (exact) mass is 644 g/mol. The van der Waals surface area contributed by atoms with E-state index in [1.165, 1.54) is 29.2 Å². The summed E-state index contributed by atoms with van der Waals surface area (Å²) in [6.45, 7) is 7.74. The average Bonchev–Trinajstić information content (AvgIpc) is 3.31. The summed E-state index contributed by atoms with van der Waals surface area (Å²) in [4.78, 5) is 44.1. The summed E-state index contributed by atoms with van der Waals surface area (Å²) in [5.41, 5.74) is 0.939. The van der Waals surface area contributed by atoms with Crippen molar-refractivity contribution in [3.05, 3.63) is 75.9 Å². The van der Waals surface area contributed by atoms with Crippen LogP contribution in [0.1, 0.15) is 51.7 Å². The van der Waals surface area contributed by atoms with Crippen molar-refractivity contribution >= 4 is 50.3 Å². The van der Waals surface area contributed by atoms with E-state index in [1.807, 2.05) is 0 Å². The zero-order valence-electron chi connectivity index (χ0n) is 24.1. The smallest absolute Gasteiger partial charge is 0.410 e. The Balaban J connectivity index is 1.49. The van der Waals surface area contributed by atoms with Crippen molar-refractivity contribution in [2.75, 3.05) is 19.6 Å². The molecule has 1 aliphatic heterocycles. The molecule has 0 radical (unpaired) electrons. The van der Waals surface area contributed by atoms with Gasteiger partial charge in [0.1, 0.15) is 22.8 Å². The third-order valence-electron chi connectivity index (χ3n) is 7.20. The minimum absolute atomic E-state index is 0.178. The highest BCUT2D eigenvalue weighted by Gasteiger charge is 2.44. The molecule has 11 heteroatoms. The molecule has 1 aromatic heterocycles. The van der Waals surface area contributed by atoms with Crippen LogP contribution in [0.4, 0.5) is 13.6 Å². The van der Waals surface area contributed by atoms with Gasteiger partial charge in [-0.2, -0.15) is 0 Å². The molecule has 0 atom stereocenters. The number of likely N-dealkylation sites (tertiary alicyclic amines) is 1. The van der Waals surface area contributed by atoms with Crippen molar-refractivity contribution < 1.29 is 27.9 Å². The summed E-state index contributed by atoms with van der Waals surface area (Å²) in [5, 5.41) is 6.57. The lowest BCUT2D eigenvalue weighted by molar-refractivity contribution is -0.134. The number of allylic oxidation sites excluding steroid dienone is 1. The lowest BCUT2D eigenvalue weighted by Gasteiger charge is -2.41. The number of benzene rings is 2. The quantitative estimate of drug-likeness (QED) is 0.281. The van der Waals surface area contributed by atoms with Gasteiger partial charge in [0.05, 0.1) is 4.47 Å². The molecule has 224 valence electrons. The molecule has 0 unspecified atom stereocenters. The molecule has 3 N–H and O–H groups in total. The molecule has 1 saturated heterocycles. The normalized spacial score (nSPS) is 15.4. The van der Waals surface area contributed by atoms with Gasteiger partial charge >= 0.3 is 6.09 Å². The maximum atomic E-state index is 13.8. The summed E-state index contributed by atoms with van der Waals surface area (Å²) in [5.74, 6) is -1.62. The maximum absolute atomic E-state index is 13.8. The number of aromatic nitrogens is 1. The molecule has 3 aromatic rings. The number of rotatable bonds is 7. The number of hydrogen-bond donors (Lipinski definition) is 3. The van der Waals surface area contributed by atoms with Crippen LogP contribution < -0.4 is 10.6 Å². The van der Waals surface area contributed by atoms with Gasteiger partial charge in [0.2, 0.25) is 11.8 Å². The van der Waals surface area contributed by atoms with Crippen LogP contribution in [-0.2, 0) is 20.7 Å². The van der Waals surface area contributed by atoms with E-state index in [4.69, 9.17) is 4.74 Å². The van der Waals surface area contributed by atoms with Crippen LogP contribution in [0.3, 0.4) is 0 Å². The Bertz CT molecular complexity index is 1520. The minimum atomic E-state index is -1.28. The van der Waals surface area contributed by atoms with Crippen LogP contribution >= 0.6 is 15.9 Å². The molecule has 0 aliphatic carbocycles. The SMILES string of the molecule is CC(=CC(=O)NC1(C(=O)NCCc2c[nH]c3ccc(F)cc23)CCN(C(=O)OC(C)(C)C)CC1)c1ccc(F)c(Br)c1. The topological polar surface area (TPSA) is 104 Å². The predicted molar refractivity (Wildman–Crippen MR) is 161 cm³/mol. The number of nitrogens with zero attached hydrogens (tertiary/aromatic N) is 1. The van der Waals surface area contributed by atoms with Gasteiger partial charge in [0.25, 0.3) is 0 Å². The Morgan fingerprint density at radius 3 is 2.50 bits per heavy atom. The molecule has 0 spiro atoms. The average molecular weight is 646 g/mol. The fourth-order valence-corrected chi connectivity index (χ4v) is 5.32. The fraction of sp³-hybridized carbons (Fsp3) is 0.387. The molecule has 1 fully saturated rings. The van der Waals surface area contributed by atoms with Gasteiger partial charge in [-0.1, -0.05) is 6.07 Å². The van der Waals surface area contributed by atoms with Gasteiger partial charge in [0, 0.05) is 42.8 Å². The molecule has 2 aromatic carbocycles. The molecule has 1 aliphatic rings. The van der Waals surface area contributed by atoms with Gasteiger partial charge < -0.3 is 25.3 Å². The van der Waals surface area contributed by atoms with Crippen LogP contribution in [0.5, 0.6) is 0 Å². The first-order valence-corrected chi connectivity index (χ1v) is 14.5. The predicted octanol–water partition coefficient (Wildman–Crippen LogP) is 5.86. The van der Waals surface area contributed by atoms with Crippen LogP contribution in [-0.4, -0.2) is 58.6 Å². The first-order valence-electron chi connectivity index (χ1n) is 13.7. The number of piperidine rings is 1. The van der Waals surface area contributed by atoms with Crippen molar-refractivity contribution in [1.29, 1.82) is 0 Å². The highest BCUT2D eigenvalue weighted by molar-refractivity contribution is 9.10. The molecule has 4 rings (SSSR count). The third kappa shape index (κ3) is 7.56. The van der Waals surface area contributed by atoms with Crippen LogP contribution in [0.25, 0.3) is 16.5 Å². The lowest BCUT2D eigenvalue weighted by atomic mass is 9.86. The van der Waals surface area contributed by atoms with Crippen molar-refractivity contribution in [2.45, 2.75) is 58.1 Å². The van der Waals surface area contributed by atoms with E-state index in [-0.39, 0.29) is 48.7 Å². The van der Waals surface area contributed by atoms with Crippen LogP contribution in [0.15, 0.2) is 53.1 Å². The summed E-state index contributed by atoms with van der Waals surface area (Å²) >= 11 is 3.16. The lowest BCUT2D eigenvalue weighted by Crippen LogP contribution is -2.63. The molecule has 0 saturated carbocycles. The molecular weight excluding hydrogens is 610 g/mol. The first kappa shape index (κ1) is 31.2. The van der Waals surface area contributed by atoms with Gasteiger partial charge in [0.15, 0.2) is 0 Å². The van der Waals surface area contributed by atoms with E-state index in [0.29, 0.717) is 17.6 Å². The Labute approximate surface area is 252 Å². The Kier molecular flexibility index (Phi) is 9.40. The zero-order valence-corrected chi connectivity index (χ0v) is 25.7. The molecule has 0 bridgehead atoms. The van der Waals surface area contributed by atoms with Crippen LogP contribution in [0.2, 0.25) is 0 Å². The van der Waals surface area contributed by atoms with Gasteiger partial charge in [-0.25, -0.2) is 13.6 Å². The molecular formula is C31H35BrF2N4O4. The second kappa shape index (κ2) is 12.6. The number of carbonyl (C=O) groups is 3. The van der Waals surface area contributed by atoms with E-state index >= 15 is 0 Å². The van der Waals surface area contributed by atoms with Crippen LogP contribution in [0, 0.1) is 11.6 Å². The van der Waals surface area contributed by atoms with Gasteiger partial charge in [-0.15, -0.1) is 0 Å².